The molecule has 9 heteroatoms. The van der Waals surface area contributed by atoms with Crippen LogP contribution in [-0.2, 0) is 19.7 Å². The quantitative estimate of drug-likeness (QED) is 0.142. The van der Waals surface area contributed by atoms with Crippen molar-refractivity contribution in [1.82, 2.24) is 0 Å². The second kappa shape index (κ2) is 12.0. The highest BCUT2D eigenvalue weighted by molar-refractivity contribution is 6.53. The minimum absolute atomic E-state index is 0.0369. The number of carbonyl (C=O) groups is 4. The van der Waals surface area contributed by atoms with Gasteiger partial charge in [-0.1, -0.05) is 80.0 Å². The zero-order valence-electron chi connectivity index (χ0n) is 23.6. The largest absolute Gasteiger partial charge is 0.465 e. The zero-order chi connectivity index (χ0) is 30.7. The highest BCUT2D eigenvalue weighted by Crippen LogP contribution is 2.34. The molecule has 1 aliphatic rings. The monoisotopic (exact) mass is 594 g/mol. The molecule has 216 valence electrons. The number of hydrogen-bond acceptors (Lipinski definition) is 7. The fourth-order valence-corrected chi connectivity index (χ4v) is 4.96. The molecule has 4 aromatic carbocycles. The number of amides is 2. The lowest BCUT2D eigenvalue weighted by Crippen LogP contribution is -2.33. The average Bonchev–Trinajstić information content (AvgIpc) is 3.24. The van der Waals surface area contributed by atoms with Crippen LogP contribution in [0.15, 0.2) is 114 Å². The summed E-state index contributed by atoms with van der Waals surface area (Å²) in [5.74, 6) is -2.39. The molecule has 5 rings (SSSR count). The van der Waals surface area contributed by atoms with Crippen LogP contribution in [0.2, 0.25) is 0 Å². The summed E-state index contributed by atoms with van der Waals surface area (Å²) < 4.78 is 10.3. The fraction of sp³-hybridized carbons (Fsp3) is 0.118. The Morgan fingerprint density at radius 3 is 2.00 bits per heavy atom. The van der Waals surface area contributed by atoms with Crippen LogP contribution in [0.4, 0.5) is 11.4 Å². The smallest absolute Gasteiger partial charge is 0.343 e. The van der Waals surface area contributed by atoms with Crippen LogP contribution in [0.3, 0.4) is 0 Å². The normalized spacial score (nSPS) is 13.3. The van der Waals surface area contributed by atoms with Gasteiger partial charge in [0.2, 0.25) is 0 Å². The highest BCUT2D eigenvalue weighted by atomic mass is 35.5. The first-order valence-corrected chi connectivity index (χ1v) is 13.7. The van der Waals surface area contributed by atoms with Crippen molar-refractivity contribution < 1.29 is 28.7 Å². The van der Waals surface area contributed by atoms with Crippen molar-refractivity contribution in [2.45, 2.75) is 19.3 Å². The number of anilines is 2. The minimum atomic E-state index is -0.788. The molecule has 43 heavy (non-hydrogen) atoms. The number of carbonyl (C=O) groups excluding carboxylic acids is 4. The summed E-state index contributed by atoms with van der Waals surface area (Å²) in [6.07, 6.45) is 0. The molecule has 0 radical (unpaired) electrons. The maximum Gasteiger partial charge on any atom is 0.343 e. The summed E-state index contributed by atoms with van der Waals surface area (Å²) >= 11 is 6.24. The van der Waals surface area contributed by atoms with Gasteiger partial charge in [-0.2, -0.15) is 0 Å². The molecule has 0 fully saturated rings. The van der Waals surface area contributed by atoms with E-state index in [2.05, 4.69) is 31.3 Å². The Labute approximate surface area is 253 Å². The number of imide groups is 1. The third-order valence-corrected chi connectivity index (χ3v) is 7.60. The van der Waals surface area contributed by atoms with Crippen molar-refractivity contribution in [3.05, 3.63) is 136 Å². The topological polar surface area (TPSA) is 102 Å². The lowest BCUT2D eigenvalue weighted by Gasteiger charge is -2.26. The van der Waals surface area contributed by atoms with E-state index in [1.807, 2.05) is 30.3 Å². The summed E-state index contributed by atoms with van der Waals surface area (Å²) in [7, 11) is 1.20. The number of rotatable bonds is 8. The van der Waals surface area contributed by atoms with Crippen molar-refractivity contribution in [1.29, 1.82) is 0 Å². The second-order valence-corrected chi connectivity index (χ2v) is 10.6. The molecule has 2 amide bonds. The van der Waals surface area contributed by atoms with Crippen LogP contribution in [0.5, 0.6) is 5.75 Å². The van der Waals surface area contributed by atoms with Crippen LogP contribution in [-0.4, -0.2) is 30.9 Å². The molecule has 1 aliphatic heterocycles. The lowest BCUT2D eigenvalue weighted by atomic mass is 9.78. The summed E-state index contributed by atoms with van der Waals surface area (Å²) in [4.78, 5) is 51.9. The Hall–Kier alpha value is -5.21. The minimum Gasteiger partial charge on any atom is -0.465 e. The number of methoxy groups -OCH3 is 1. The molecule has 0 saturated heterocycles. The summed E-state index contributed by atoms with van der Waals surface area (Å²) in [6.45, 7) is 4.27. The van der Waals surface area contributed by atoms with E-state index >= 15 is 0 Å². The predicted molar refractivity (Wildman–Crippen MR) is 163 cm³/mol. The van der Waals surface area contributed by atoms with E-state index in [0.29, 0.717) is 11.4 Å². The van der Waals surface area contributed by atoms with E-state index in [1.165, 1.54) is 36.9 Å². The zero-order valence-corrected chi connectivity index (χ0v) is 24.3. The van der Waals surface area contributed by atoms with E-state index in [1.54, 1.807) is 36.4 Å². The Morgan fingerprint density at radius 1 is 0.744 bits per heavy atom. The number of ether oxygens (including phenoxy) is 2. The van der Waals surface area contributed by atoms with Gasteiger partial charge in [-0.25, -0.2) is 14.5 Å². The third kappa shape index (κ3) is 5.78. The van der Waals surface area contributed by atoms with Crippen molar-refractivity contribution in [2.24, 2.45) is 0 Å². The SMILES string of the molecule is COC(=O)c1ccccc1N1C(=O)C(Cl)=C(Nc2ccc(C(=O)Oc3ccc(C(C)(C)c4ccccc4)cc3)cc2)C1=O. The molecule has 0 aliphatic carbocycles. The molecule has 1 heterocycles. The van der Waals surface area contributed by atoms with Crippen LogP contribution in [0.25, 0.3) is 0 Å². The van der Waals surface area contributed by atoms with E-state index < -0.39 is 23.8 Å². The second-order valence-electron chi connectivity index (χ2n) is 10.3. The number of nitrogens with one attached hydrogen (secondary N) is 1. The van der Waals surface area contributed by atoms with Crippen LogP contribution < -0.4 is 15.0 Å². The van der Waals surface area contributed by atoms with E-state index in [-0.39, 0.29) is 33.0 Å². The van der Waals surface area contributed by atoms with E-state index in [4.69, 9.17) is 21.1 Å². The number of para-hydroxylation sites is 1. The predicted octanol–water partition coefficient (Wildman–Crippen LogP) is 6.45. The number of hydrogen-bond donors (Lipinski definition) is 1. The molecule has 0 spiro atoms. The van der Waals surface area contributed by atoms with Gasteiger partial charge in [0.05, 0.1) is 23.9 Å². The number of benzene rings is 4. The Balaban J connectivity index is 1.26. The summed E-state index contributed by atoms with van der Waals surface area (Å²) in [6, 6.07) is 29.8. The van der Waals surface area contributed by atoms with Crippen molar-refractivity contribution in [3.8, 4) is 5.75 Å². The third-order valence-electron chi connectivity index (χ3n) is 7.25. The number of esters is 2. The maximum atomic E-state index is 13.2. The van der Waals surface area contributed by atoms with Gasteiger partial charge in [0.25, 0.3) is 11.8 Å². The molecule has 0 saturated carbocycles. The molecule has 4 aromatic rings. The average molecular weight is 595 g/mol. The summed E-state index contributed by atoms with van der Waals surface area (Å²) in [5, 5.41) is 2.51. The van der Waals surface area contributed by atoms with Gasteiger partial charge in [0.15, 0.2) is 0 Å². The molecule has 0 unspecified atom stereocenters. The first-order chi connectivity index (χ1) is 20.6. The molecular weight excluding hydrogens is 568 g/mol. The van der Waals surface area contributed by atoms with E-state index in [9.17, 15) is 19.2 Å². The van der Waals surface area contributed by atoms with Gasteiger partial charge in [-0.15, -0.1) is 0 Å². The van der Waals surface area contributed by atoms with Crippen molar-refractivity contribution in [3.63, 3.8) is 0 Å². The van der Waals surface area contributed by atoms with Crippen LogP contribution >= 0.6 is 11.6 Å². The Bertz CT molecular complexity index is 1750. The molecule has 8 nitrogen and oxygen atoms in total. The standard InChI is InChI=1S/C34H27ClN2O6/c1-34(2,22-9-5-4-6-10-22)23-15-19-25(20-16-23)43-32(40)21-13-17-24(18-14-21)36-29-28(35)30(38)37(31(29)39)27-12-8-7-11-26(27)33(41)42-3/h4-20,36H,1-3H3. The van der Waals surface area contributed by atoms with Gasteiger partial charge < -0.3 is 14.8 Å². The van der Waals surface area contributed by atoms with Gasteiger partial charge in [0, 0.05) is 11.1 Å². The number of nitrogens with zero attached hydrogens (tertiary/aromatic N) is 1. The Morgan fingerprint density at radius 2 is 1.35 bits per heavy atom. The first kappa shape index (κ1) is 29.3. The van der Waals surface area contributed by atoms with Crippen LogP contribution in [0, 0.1) is 0 Å². The van der Waals surface area contributed by atoms with Gasteiger partial charge >= 0.3 is 11.9 Å². The van der Waals surface area contributed by atoms with Gasteiger partial charge in [-0.05, 0) is 59.7 Å². The Kier molecular flexibility index (Phi) is 8.14. The van der Waals surface area contributed by atoms with Gasteiger partial charge in [-0.3, -0.25) is 9.59 Å². The van der Waals surface area contributed by atoms with Crippen LogP contribution in [0.1, 0.15) is 45.7 Å². The highest BCUT2D eigenvalue weighted by Gasteiger charge is 2.40. The lowest BCUT2D eigenvalue weighted by molar-refractivity contribution is -0.120. The molecular formula is C34H27ClN2O6. The van der Waals surface area contributed by atoms with Crippen molar-refractivity contribution >= 4 is 46.7 Å². The molecule has 0 bridgehead atoms. The summed E-state index contributed by atoms with van der Waals surface area (Å²) in [5.41, 5.74) is 2.63. The van der Waals surface area contributed by atoms with Crippen molar-refractivity contribution in [2.75, 3.05) is 17.3 Å². The van der Waals surface area contributed by atoms with E-state index in [0.717, 1.165) is 10.5 Å². The fourth-order valence-electron chi connectivity index (χ4n) is 4.74. The van der Waals surface area contributed by atoms with Gasteiger partial charge in [0.1, 0.15) is 16.5 Å². The molecule has 1 N–H and O–H groups in total. The molecule has 0 atom stereocenters. The number of halogens is 1. The molecule has 0 aromatic heterocycles. The maximum absolute atomic E-state index is 13.2. The first-order valence-electron chi connectivity index (χ1n) is 13.3.